The highest BCUT2D eigenvalue weighted by Gasteiger charge is 2.24. The van der Waals surface area contributed by atoms with E-state index >= 15 is 0 Å². The first-order valence-corrected chi connectivity index (χ1v) is 6.14. The predicted molar refractivity (Wildman–Crippen MR) is 65.2 cm³/mol. The largest absolute Gasteiger partial charge is 0.377 e. The quantitative estimate of drug-likeness (QED) is 0.853. The van der Waals surface area contributed by atoms with E-state index in [1.54, 1.807) is 18.1 Å². The van der Waals surface area contributed by atoms with Crippen LogP contribution < -0.4 is 5.32 Å². The SMILES string of the molecule is COCc1cc(C(=O)N(C)C2CCCNC2)no1. The maximum atomic E-state index is 12.2. The van der Waals surface area contributed by atoms with Crippen molar-refractivity contribution in [3.63, 3.8) is 0 Å². The van der Waals surface area contributed by atoms with Gasteiger partial charge in [0.2, 0.25) is 0 Å². The topological polar surface area (TPSA) is 67.6 Å². The van der Waals surface area contributed by atoms with Crippen LogP contribution in [-0.2, 0) is 11.3 Å². The molecule has 100 valence electrons. The van der Waals surface area contributed by atoms with Crippen LogP contribution in [-0.4, -0.2) is 49.3 Å². The molecule has 1 unspecified atom stereocenters. The number of likely N-dealkylation sites (N-methyl/N-ethyl adjacent to an activating group) is 1. The Balaban J connectivity index is 2.00. The molecule has 1 atom stereocenters. The number of carbonyl (C=O) groups excluding carboxylic acids is 1. The molecular weight excluding hydrogens is 234 g/mol. The van der Waals surface area contributed by atoms with E-state index in [2.05, 4.69) is 10.5 Å². The van der Waals surface area contributed by atoms with Crippen LogP contribution >= 0.6 is 0 Å². The number of aromatic nitrogens is 1. The Morgan fingerprint density at radius 3 is 3.22 bits per heavy atom. The van der Waals surface area contributed by atoms with Crippen molar-refractivity contribution in [2.45, 2.75) is 25.5 Å². The molecule has 18 heavy (non-hydrogen) atoms. The second-order valence-corrected chi connectivity index (χ2v) is 4.53. The molecule has 1 aliphatic rings. The average Bonchev–Trinajstić information content (AvgIpc) is 2.87. The molecule has 0 radical (unpaired) electrons. The summed E-state index contributed by atoms with van der Waals surface area (Å²) < 4.78 is 9.95. The molecule has 1 saturated heterocycles. The fraction of sp³-hybridized carbons (Fsp3) is 0.667. The van der Waals surface area contributed by atoms with Gasteiger partial charge in [-0.05, 0) is 19.4 Å². The van der Waals surface area contributed by atoms with Gasteiger partial charge in [0.25, 0.3) is 5.91 Å². The number of ether oxygens (including phenoxy) is 1. The third kappa shape index (κ3) is 2.88. The summed E-state index contributed by atoms with van der Waals surface area (Å²) in [5.74, 6) is 0.464. The van der Waals surface area contributed by atoms with Gasteiger partial charge in [0.15, 0.2) is 11.5 Å². The van der Waals surface area contributed by atoms with Crippen molar-refractivity contribution in [2.24, 2.45) is 0 Å². The number of amides is 1. The van der Waals surface area contributed by atoms with Crippen LogP contribution in [0.4, 0.5) is 0 Å². The average molecular weight is 253 g/mol. The molecule has 1 aliphatic heterocycles. The van der Waals surface area contributed by atoms with Gasteiger partial charge in [0.05, 0.1) is 0 Å². The van der Waals surface area contributed by atoms with E-state index in [0.29, 0.717) is 18.1 Å². The lowest BCUT2D eigenvalue weighted by molar-refractivity contribution is 0.0697. The lowest BCUT2D eigenvalue weighted by Gasteiger charge is -2.31. The van der Waals surface area contributed by atoms with Gasteiger partial charge >= 0.3 is 0 Å². The molecule has 0 aliphatic carbocycles. The second-order valence-electron chi connectivity index (χ2n) is 4.53. The van der Waals surface area contributed by atoms with Gasteiger partial charge in [-0.25, -0.2) is 0 Å². The second kappa shape index (κ2) is 5.97. The normalized spacial score (nSPS) is 19.8. The zero-order chi connectivity index (χ0) is 13.0. The highest BCUT2D eigenvalue weighted by molar-refractivity contribution is 5.92. The number of nitrogens with zero attached hydrogens (tertiary/aromatic N) is 2. The van der Waals surface area contributed by atoms with E-state index in [4.69, 9.17) is 9.26 Å². The van der Waals surface area contributed by atoms with E-state index in [0.717, 1.165) is 25.9 Å². The van der Waals surface area contributed by atoms with Crippen LogP contribution in [0.2, 0.25) is 0 Å². The van der Waals surface area contributed by atoms with Crippen LogP contribution in [0.25, 0.3) is 0 Å². The summed E-state index contributed by atoms with van der Waals surface area (Å²) >= 11 is 0. The number of rotatable bonds is 4. The van der Waals surface area contributed by atoms with Crippen LogP contribution in [0.15, 0.2) is 10.6 Å². The number of piperidine rings is 1. The minimum absolute atomic E-state index is 0.102. The molecule has 0 spiro atoms. The molecule has 1 amide bonds. The first kappa shape index (κ1) is 13.0. The fourth-order valence-corrected chi connectivity index (χ4v) is 2.13. The smallest absolute Gasteiger partial charge is 0.276 e. The van der Waals surface area contributed by atoms with Crippen LogP contribution in [0, 0.1) is 0 Å². The highest BCUT2D eigenvalue weighted by atomic mass is 16.5. The molecule has 1 aromatic rings. The first-order chi connectivity index (χ1) is 8.72. The van der Waals surface area contributed by atoms with E-state index < -0.39 is 0 Å². The minimum Gasteiger partial charge on any atom is -0.377 e. The molecule has 0 aromatic carbocycles. The molecule has 1 fully saturated rings. The van der Waals surface area contributed by atoms with Crippen LogP contribution in [0.3, 0.4) is 0 Å². The summed E-state index contributed by atoms with van der Waals surface area (Å²) in [4.78, 5) is 13.9. The Morgan fingerprint density at radius 2 is 2.56 bits per heavy atom. The molecule has 6 nitrogen and oxygen atoms in total. The molecule has 0 bridgehead atoms. The zero-order valence-corrected chi connectivity index (χ0v) is 10.8. The molecule has 2 rings (SSSR count). The van der Waals surface area contributed by atoms with E-state index in [-0.39, 0.29) is 11.9 Å². The lowest BCUT2D eigenvalue weighted by Crippen LogP contribution is -2.46. The monoisotopic (exact) mass is 253 g/mol. The maximum Gasteiger partial charge on any atom is 0.276 e. The van der Waals surface area contributed by atoms with E-state index in [1.165, 1.54) is 0 Å². The van der Waals surface area contributed by atoms with Gasteiger partial charge in [-0.3, -0.25) is 4.79 Å². The van der Waals surface area contributed by atoms with Gasteiger partial charge in [0.1, 0.15) is 6.61 Å². The van der Waals surface area contributed by atoms with Crippen molar-refractivity contribution in [1.29, 1.82) is 0 Å². The van der Waals surface area contributed by atoms with Crippen molar-refractivity contribution in [3.05, 3.63) is 17.5 Å². The fourth-order valence-electron chi connectivity index (χ4n) is 2.13. The number of nitrogens with one attached hydrogen (secondary N) is 1. The van der Waals surface area contributed by atoms with Crippen molar-refractivity contribution >= 4 is 5.91 Å². The third-order valence-corrected chi connectivity index (χ3v) is 3.20. The Morgan fingerprint density at radius 1 is 1.72 bits per heavy atom. The number of hydrogen-bond donors (Lipinski definition) is 1. The van der Waals surface area contributed by atoms with Gasteiger partial charge in [-0.15, -0.1) is 0 Å². The molecule has 0 saturated carbocycles. The van der Waals surface area contributed by atoms with Gasteiger partial charge < -0.3 is 19.5 Å². The number of methoxy groups -OCH3 is 1. The highest BCUT2D eigenvalue weighted by Crippen LogP contribution is 2.13. The third-order valence-electron chi connectivity index (χ3n) is 3.20. The first-order valence-electron chi connectivity index (χ1n) is 6.14. The summed E-state index contributed by atoms with van der Waals surface area (Å²) in [6.45, 7) is 2.19. The Kier molecular flexibility index (Phi) is 4.33. The Bertz CT molecular complexity index is 399. The van der Waals surface area contributed by atoms with Crippen molar-refractivity contribution < 1.29 is 14.1 Å². The molecule has 6 heteroatoms. The van der Waals surface area contributed by atoms with Gasteiger partial charge in [-0.2, -0.15) is 0 Å². The zero-order valence-electron chi connectivity index (χ0n) is 10.8. The van der Waals surface area contributed by atoms with Crippen molar-refractivity contribution in [3.8, 4) is 0 Å². The van der Waals surface area contributed by atoms with E-state index in [1.807, 2.05) is 7.05 Å². The molecular formula is C12H19N3O3. The molecule has 1 N–H and O–H groups in total. The standard InChI is InChI=1S/C12H19N3O3/c1-15(9-4-3-5-13-7-9)12(16)11-6-10(8-17-2)18-14-11/h6,9,13H,3-5,7-8H2,1-2H3. The van der Waals surface area contributed by atoms with Crippen LogP contribution in [0.1, 0.15) is 29.1 Å². The summed E-state index contributed by atoms with van der Waals surface area (Å²) in [6, 6.07) is 1.87. The number of hydrogen-bond acceptors (Lipinski definition) is 5. The summed E-state index contributed by atoms with van der Waals surface area (Å²) in [5.41, 5.74) is 0.343. The Labute approximate surface area is 106 Å². The minimum atomic E-state index is -0.102. The number of carbonyl (C=O) groups is 1. The summed E-state index contributed by atoms with van der Waals surface area (Å²) in [5, 5.41) is 7.07. The van der Waals surface area contributed by atoms with E-state index in [9.17, 15) is 4.79 Å². The Hall–Kier alpha value is -1.40. The predicted octanol–water partition coefficient (Wildman–Crippen LogP) is 0.645. The lowest BCUT2D eigenvalue weighted by atomic mass is 10.1. The molecule has 2 heterocycles. The molecule has 1 aromatic heterocycles. The van der Waals surface area contributed by atoms with Crippen LogP contribution in [0.5, 0.6) is 0 Å². The van der Waals surface area contributed by atoms with Crippen molar-refractivity contribution in [1.82, 2.24) is 15.4 Å². The summed E-state index contributed by atoms with van der Waals surface area (Å²) in [6.07, 6.45) is 2.12. The van der Waals surface area contributed by atoms with Gasteiger partial charge in [0, 0.05) is 32.8 Å². The van der Waals surface area contributed by atoms with Crippen molar-refractivity contribution in [2.75, 3.05) is 27.2 Å². The maximum absolute atomic E-state index is 12.2. The van der Waals surface area contributed by atoms with Gasteiger partial charge in [-0.1, -0.05) is 5.16 Å². The summed E-state index contributed by atoms with van der Waals surface area (Å²) in [7, 11) is 3.38.